The van der Waals surface area contributed by atoms with Gasteiger partial charge in [-0.2, -0.15) is 0 Å². The molecule has 8 heteroatoms. The Bertz CT molecular complexity index is 1230. The lowest BCUT2D eigenvalue weighted by atomic mass is 9.91. The lowest BCUT2D eigenvalue weighted by Gasteiger charge is -2.27. The first-order valence-electron chi connectivity index (χ1n) is 13.5. The molecule has 0 radical (unpaired) electrons. The third-order valence-corrected chi connectivity index (χ3v) is 7.31. The van der Waals surface area contributed by atoms with Gasteiger partial charge >= 0.3 is 0 Å². The minimum Gasteiger partial charge on any atom is -0.366 e. The Hall–Kier alpha value is -3.26. The van der Waals surface area contributed by atoms with Gasteiger partial charge in [0.15, 0.2) is 0 Å². The molecule has 204 valence electrons. The molecule has 2 aromatic rings. The van der Waals surface area contributed by atoms with Gasteiger partial charge in [-0.25, -0.2) is 4.39 Å². The summed E-state index contributed by atoms with van der Waals surface area (Å²) in [5.74, 6) is -1.78. The van der Waals surface area contributed by atoms with Crippen molar-refractivity contribution in [2.24, 2.45) is 11.1 Å². The molecule has 1 saturated carbocycles. The Morgan fingerprint density at radius 1 is 1.05 bits per heavy atom. The third-order valence-electron chi connectivity index (χ3n) is 7.31. The highest BCUT2D eigenvalue weighted by molar-refractivity contribution is 6.05. The summed E-state index contributed by atoms with van der Waals surface area (Å²) in [6.07, 6.45) is 4.23. The van der Waals surface area contributed by atoms with Crippen molar-refractivity contribution < 1.29 is 18.8 Å². The number of nitrogens with zero attached hydrogens (tertiary/aromatic N) is 2. The minimum absolute atomic E-state index is 0.0292. The maximum atomic E-state index is 14.9. The third kappa shape index (κ3) is 6.59. The predicted octanol–water partition coefficient (Wildman–Crippen LogP) is 4.38. The highest BCUT2D eigenvalue weighted by atomic mass is 19.1. The molecule has 1 saturated heterocycles. The highest BCUT2D eigenvalue weighted by Gasteiger charge is 2.35. The van der Waals surface area contributed by atoms with Crippen molar-refractivity contribution in [2.45, 2.75) is 59.4 Å². The van der Waals surface area contributed by atoms with Gasteiger partial charge < -0.3 is 20.9 Å². The predicted molar refractivity (Wildman–Crippen MR) is 147 cm³/mol. The second-order valence-electron chi connectivity index (χ2n) is 11.8. The molecular formula is C30H39FN4O3. The molecule has 0 spiro atoms. The first-order chi connectivity index (χ1) is 17.9. The molecule has 1 aliphatic carbocycles. The first-order valence-corrected chi connectivity index (χ1v) is 13.5. The van der Waals surface area contributed by atoms with Crippen LogP contribution in [0.5, 0.6) is 0 Å². The molecule has 0 aromatic heterocycles. The smallest absolute Gasteiger partial charge is 0.254 e. The molecule has 7 nitrogen and oxygen atoms in total. The zero-order valence-electron chi connectivity index (χ0n) is 22.9. The lowest BCUT2D eigenvalue weighted by Crippen LogP contribution is -2.39. The van der Waals surface area contributed by atoms with E-state index in [0.29, 0.717) is 40.9 Å². The number of hydrogen-bond donors (Lipinski definition) is 2. The molecule has 0 unspecified atom stereocenters. The van der Waals surface area contributed by atoms with Crippen molar-refractivity contribution in [3.05, 3.63) is 58.4 Å². The van der Waals surface area contributed by atoms with Gasteiger partial charge in [-0.15, -0.1) is 0 Å². The quantitative estimate of drug-likeness (QED) is 0.511. The van der Waals surface area contributed by atoms with Crippen LogP contribution >= 0.6 is 0 Å². The summed E-state index contributed by atoms with van der Waals surface area (Å²) in [4.78, 5) is 43.3. The monoisotopic (exact) mass is 522 g/mol. The fourth-order valence-corrected chi connectivity index (χ4v) is 4.89. The van der Waals surface area contributed by atoms with E-state index in [-0.39, 0.29) is 28.8 Å². The van der Waals surface area contributed by atoms with Crippen LogP contribution in [0.25, 0.3) is 11.1 Å². The standard InChI is InChI=1S/C30H39FN4O3/c1-19-24(16-21(27(32)36)17-26(19)31)23-10-7-20(28(37)33-18-30(2,3)4)15-25(23)29(38)35(22-8-9-22)14-13-34-11-5-6-12-34/h7,10,15-17,22H,5-6,8-9,11-14,18H2,1-4H3,(H2,32,36)(H,33,37). The number of primary amides is 1. The summed E-state index contributed by atoms with van der Waals surface area (Å²) < 4.78 is 14.9. The van der Waals surface area contributed by atoms with E-state index in [0.717, 1.165) is 38.5 Å². The number of nitrogens with one attached hydrogen (secondary N) is 1. The van der Waals surface area contributed by atoms with Gasteiger partial charge in [-0.05, 0) is 92.1 Å². The number of halogens is 1. The molecule has 4 rings (SSSR count). The summed E-state index contributed by atoms with van der Waals surface area (Å²) in [6, 6.07) is 7.73. The van der Waals surface area contributed by atoms with E-state index >= 15 is 0 Å². The van der Waals surface area contributed by atoms with Crippen molar-refractivity contribution in [1.29, 1.82) is 0 Å². The number of hydrogen-bond acceptors (Lipinski definition) is 4. The van der Waals surface area contributed by atoms with Crippen LogP contribution in [0.2, 0.25) is 0 Å². The molecule has 0 bridgehead atoms. The molecule has 2 aliphatic rings. The van der Waals surface area contributed by atoms with Gasteiger partial charge in [0.2, 0.25) is 5.91 Å². The van der Waals surface area contributed by atoms with Crippen molar-refractivity contribution in [1.82, 2.24) is 15.1 Å². The first kappa shape index (κ1) is 27.8. The number of likely N-dealkylation sites (tertiary alicyclic amines) is 1. The zero-order valence-corrected chi connectivity index (χ0v) is 22.9. The average molecular weight is 523 g/mol. The SMILES string of the molecule is Cc1c(F)cc(C(N)=O)cc1-c1ccc(C(=O)NCC(C)(C)C)cc1C(=O)N(CCN1CCCC1)C1CC1. The second-order valence-corrected chi connectivity index (χ2v) is 11.8. The van der Waals surface area contributed by atoms with Crippen molar-refractivity contribution in [3.8, 4) is 11.1 Å². The summed E-state index contributed by atoms with van der Waals surface area (Å²) in [6.45, 7) is 11.7. The van der Waals surface area contributed by atoms with Crippen LogP contribution in [0, 0.1) is 18.2 Å². The Balaban J connectivity index is 1.75. The molecule has 3 amide bonds. The van der Waals surface area contributed by atoms with Gasteiger partial charge in [-0.3, -0.25) is 14.4 Å². The number of rotatable bonds is 9. The maximum absolute atomic E-state index is 14.9. The number of carbonyl (C=O) groups excluding carboxylic acids is 3. The van der Waals surface area contributed by atoms with Gasteiger partial charge in [0.25, 0.3) is 11.8 Å². The maximum Gasteiger partial charge on any atom is 0.254 e. The van der Waals surface area contributed by atoms with E-state index in [1.54, 1.807) is 25.1 Å². The molecule has 2 fully saturated rings. The number of amides is 3. The summed E-state index contributed by atoms with van der Waals surface area (Å²) >= 11 is 0. The Labute approximate surface area is 224 Å². The van der Waals surface area contributed by atoms with Gasteiger partial charge in [0, 0.05) is 42.4 Å². The molecular weight excluding hydrogens is 483 g/mol. The van der Waals surface area contributed by atoms with E-state index in [1.807, 2.05) is 25.7 Å². The normalized spacial score (nSPS) is 15.9. The van der Waals surface area contributed by atoms with E-state index in [2.05, 4.69) is 10.2 Å². The minimum atomic E-state index is -0.749. The van der Waals surface area contributed by atoms with Crippen LogP contribution in [0.4, 0.5) is 4.39 Å². The number of carbonyl (C=O) groups is 3. The second kappa shape index (κ2) is 11.2. The van der Waals surface area contributed by atoms with Gasteiger partial charge in [-0.1, -0.05) is 26.8 Å². The van der Waals surface area contributed by atoms with E-state index in [1.165, 1.54) is 18.9 Å². The van der Waals surface area contributed by atoms with Crippen molar-refractivity contribution in [3.63, 3.8) is 0 Å². The molecule has 3 N–H and O–H groups in total. The van der Waals surface area contributed by atoms with Crippen LogP contribution in [-0.4, -0.2) is 66.3 Å². The molecule has 0 atom stereocenters. The largest absolute Gasteiger partial charge is 0.366 e. The van der Waals surface area contributed by atoms with Crippen LogP contribution in [0.3, 0.4) is 0 Å². The molecule has 1 heterocycles. The van der Waals surface area contributed by atoms with Crippen molar-refractivity contribution >= 4 is 17.7 Å². The van der Waals surface area contributed by atoms with Crippen LogP contribution in [0.15, 0.2) is 30.3 Å². The van der Waals surface area contributed by atoms with E-state index in [4.69, 9.17) is 5.73 Å². The molecule has 38 heavy (non-hydrogen) atoms. The average Bonchev–Trinajstić information content (AvgIpc) is 3.57. The van der Waals surface area contributed by atoms with Gasteiger partial charge in [0.05, 0.1) is 0 Å². The fourth-order valence-electron chi connectivity index (χ4n) is 4.89. The number of benzene rings is 2. The number of nitrogens with two attached hydrogens (primary N) is 1. The van der Waals surface area contributed by atoms with Gasteiger partial charge in [0.1, 0.15) is 5.82 Å². The molecule has 2 aromatic carbocycles. The summed E-state index contributed by atoms with van der Waals surface area (Å²) in [5, 5.41) is 2.94. The Morgan fingerprint density at radius 2 is 1.74 bits per heavy atom. The van der Waals surface area contributed by atoms with Crippen molar-refractivity contribution in [2.75, 3.05) is 32.7 Å². The zero-order chi connectivity index (χ0) is 27.6. The summed E-state index contributed by atoms with van der Waals surface area (Å²) in [5.41, 5.74) is 7.29. The topological polar surface area (TPSA) is 95.7 Å². The highest BCUT2D eigenvalue weighted by Crippen LogP contribution is 2.34. The molecule has 1 aliphatic heterocycles. The van der Waals surface area contributed by atoms with E-state index < -0.39 is 11.7 Å². The van der Waals surface area contributed by atoms with Crippen LogP contribution in [-0.2, 0) is 0 Å². The van der Waals surface area contributed by atoms with E-state index in [9.17, 15) is 18.8 Å². The van der Waals surface area contributed by atoms with Crippen LogP contribution in [0.1, 0.15) is 83.1 Å². The lowest BCUT2D eigenvalue weighted by molar-refractivity contribution is 0.0727. The summed E-state index contributed by atoms with van der Waals surface area (Å²) in [7, 11) is 0. The van der Waals surface area contributed by atoms with Crippen LogP contribution < -0.4 is 11.1 Å². The Morgan fingerprint density at radius 3 is 2.34 bits per heavy atom. The Kier molecular flexibility index (Phi) is 8.21. The fraction of sp³-hybridized carbons (Fsp3) is 0.500.